The van der Waals surface area contributed by atoms with E-state index in [1.54, 1.807) is 11.0 Å². The van der Waals surface area contributed by atoms with Gasteiger partial charge < -0.3 is 0 Å². The van der Waals surface area contributed by atoms with Gasteiger partial charge in [-0.25, -0.2) is 4.39 Å². The zero-order valence-corrected chi connectivity index (χ0v) is 18.4. The van der Waals surface area contributed by atoms with Crippen LogP contribution >= 0.6 is 11.6 Å². The molecular weight excluding hydrogens is 401 g/mol. The highest BCUT2D eigenvalue weighted by atomic mass is 35.5. The number of aryl methyl sites for hydroxylation is 2. The number of benzene rings is 2. The molecule has 2 aromatic rings. The second-order valence-corrected chi connectivity index (χ2v) is 9.68. The molecule has 1 atom stereocenters. The van der Waals surface area contributed by atoms with E-state index in [1.807, 2.05) is 45.9 Å². The molecule has 1 amide bonds. The number of hydrogen-bond acceptors (Lipinski definition) is 2. The van der Waals surface area contributed by atoms with Crippen molar-refractivity contribution in [1.82, 2.24) is 0 Å². The van der Waals surface area contributed by atoms with Crippen LogP contribution in [-0.2, 0) is 9.59 Å². The predicted molar refractivity (Wildman–Crippen MR) is 117 cm³/mol. The van der Waals surface area contributed by atoms with Gasteiger partial charge in [-0.2, -0.15) is 0 Å². The van der Waals surface area contributed by atoms with Crippen molar-refractivity contribution in [3.05, 3.63) is 75.2 Å². The molecule has 2 aromatic carbocycles. The lowest BCUT2D eigenvalue weighted by Crippen LogP contribution is -2.44. The van der Waals surface area contributed by atoms with Crippen LogP contribution in [0.5, 0.6) is 0 Å². The van der Waals surface area contributed by atoms with E-state index >= 15 is 0 Å². The molecule has 0 aromatic heterocycles. The van der Waals surface area contributed by atoms with Gasteiger partial charge in [0.1, 0.15) is 5.82 Å². The number of allylic oxidation sites excluding steroid dienone is 2. The molecule has 156 valence electrons. The first-order chi connectivity index (χ1) is 14.1. The summed E-state index contributed by atoms with van der Waals surface area (Å²) in [6.07, 6.45) is 0.942. The lowest BCUT2D eigenvalue weighted by atomic mass is 9.69. The Morgan fingerprint density at radius 2 is 1.73 bits per heavy atom. The zero-order valence-electron chi connectivity index (χ0n) is 17.7. The molecule has 0 bridgehead atoms. The topological polar surface area (TPSA) is 37.4 Å². The molecule has 4 rings (SSSR count). The van der Waals surface area contributed by atoms with E-state index in [9.17, 15) is 14.0 Å². The number of amides is 1. The largest absolute Gasteiger partial charge is 0.294 e. The SMILES string of the molecule is Cc1cc(C)cc(N2C(=O)CC(c3c(F)cccc3Cl)C3=C2CC(C)(C)CC3=O)c1. The van der Waals surface area contributed by atoms with E-state index < -0.39 is 11.7 Å². The highest BCUT2D eigenvalue weighted by Crippen LogP contribution is 2.49. The maximum Gasteiger partial charge on any atom is 0.232 e. The summed E-state index contributed by atoms with van der Waals surface area (Å²) in [4.78, 5) is 28.4. The second kappa shape index (κ2) is 7.35. The molecular formula is C25H25ClFNO2. The van der Waals surface area contributed by atoms with Crippen LogP contribution in [0.4, 0.5) is 10.1 Å². The van der Waals surface area contributed by atoms with Crippen LogP contribution in [0, 0.1) is 25.1 Å². The van der Waals surface area contributed by atoms with Crippen molar-refractivity contribution in [3.8, 4) is 0 Å². The third-order valence-electron chi connectivity index (χ3n) is 5.96. The zero-order chi connectivity index (χ0) is 21.8. The average Bonchev–Trinajstić information content (AvgIpc) is 2.59. The quantitative estimate of drug-likeness (QED) is 0.569. The minimum absolute atomic E-state index is 0.0125. The van der Waals surface area contributed by atoms with E-state index in [1.165, 1.54) is 12.1 Å². The molecule has 1 aliphatic heterocycles. The Kier molecular flexibility index (Phi) is 5.09. The smallest absolute Gasteiger partial charge is 0.232 e. The Morgan fingerprint density at radius 1 is 1.07 bits per heavy atom. The van der Waals surface area contributed by atoms with Gasteiger partial charge in [-0.1, -0.05) is 37.6 Å². The number of carbonyl (C=O) groups excluding carboxylic acids is 2. The van der Waals surface area contributed by atoms with Crippen molar-refractivity contribution < 1.29 is 14.0 Å². The fourth-order valence-electron chi connectivity index (χ4n) is 4.88. The number of halogens is 2. The summed E-state index contributed by atoms with van der Waals surface area (Å²) in [5.41, 5.74) is 4.01. The summed E-state index contributed by atoms with van der Waals surface area (Å²) in [7, 11) is 0. The molecule has 5 heteroatoms. The molecule has 30 heavy (non-hydrogen) atoms. The first-order valence-corrected chi connectivity index (χ1v) is 10.6. The van der Waals surface area contributed by atoms with Crippen LogP contribution in [-0.4, -0.2) is 11.7 Å². The molecule has 0 saturated carbocycles. The fraction of sp³-hybridized carbons (Fsp3) is 0.360. The van der Waals surface area contributed by atoms with Gasteiger partial charge in [-0.3, -0.25) is 14.5 Å². The Bertz CT molecular complexity index is 1060. The summed E-state index contributed by atoms with van der Waals surface area (Å²) >= 11 is 6.34. The predicted octanol–water partition coefficient (Wildman–Crippen LogP) is 6.26. The summed E-state index contributed by atoms with van der Waals surface area (Å²) in [5.74, 6) is -1.32. The van der Waals surface area contributed by atoms with Crippen LogP contribution in [0.1, 0.15) is 55.7 Å². The second-order valence-electron chi connectivity index (χ2n) is 9.27. The Morgan fingerprint density at radius 3 is 2.37 bits per heavy atom. The van der Waals surface area contributed by atoms with Crippen LogP contribution in [0.2, 0.25) is 5.02 Å². The van der Waals surface area contributed by atoms with Gasteiger partial charge in [0.25, 0.3) is 0 Å². The van der Waals surface area contributed by atoms with Crippen LogP contribution in [0.25, 0.3) is 0 Å². The highest BCUT2D eigenvalue weighted by Gasteiger charge is 2.45. The van der Waals surface area contributed by atoms with E-state index in [2.05, 4.69) is 0 Å². The van der Waals surface area contributed by atoms with Gasteiger partial charge >= 0.3 is 0 Å². The van der Waals surface area contributed by atoms with Crippen molar-refractivity contribution in [2.24, 2.45) is 5.41 Å². The first kappa shape index (κ1) is 20.8. The summed E-state index contributed by atoms with van der Waals surface area (Å²) < 4.78 is 14.8. The molecule has 0 radical (unpaired) electrons. The van der Waals surface area contributed by atoms with Crippen molar-refractivity contribution in [3.63, 3.8) is 0 Å². The maximum atomic E-state index is 14.8. The Labute approximate surface area is 181 Å². The summed E-state index contributed by atoms with van der Waals surface area (Å²) in [6, 6.07) is 10.4. The molecule has 0 saturated heterocycles. The number of Topliss-reactive ketones (excluding diaryl/α,β-unsaturated/α-hetero) is 1. The standard InChI is InChI=1S/C25H25ClFNO2/c1-14-8-15(2)10-16(9-14)28-20-12-25(3,4)13-21(29)24(20)17(11-22(28)30)23-18(26)6-5-7-19(23)27/h5-10,17H,11-13H2,1-4H3. The molecule has 1 unspecified atom stereocenters. The fourth-order valence-corrected chi connectivity index (χ4v) is 5.18. The number of hydrogen-bond donors (Lipinski definition) is 0. The summed E-state index contributed by atoms with van der Waals surface area (Å²) in [6.45, 7) is 8.02. The highest BCUT2D eigenvalue weighted by molar-refractivity contribution is 6.31. The molecule has 0 N–H and O–H groups in total. The first-order valence-electron chi connectivity index (χ1n) is 10.2. The van der Waals surface area contributed by atoms with Gasteiger partial charge in [0, 0.05) is 46.3 Å². The van der Waals surface area contributed by atoms with Gasteiger partial charge in [0.05, 0.1) is 0 Å². The average molecular weight is 426 g/mol. The molecule has 2 aliphatic rings. The molecule has 1 heterocycles. The van der Waals surface area contributed by atoms with Crippen molar-refractivity contribution >= 4 is 29.0 Å². The molecule has 1 aliphatic carbocycles. The van der Waals surface area contributed by atoms with E-state index in [4.69, 9.17) is 11.6 Å². The van der Waals surface area contributed by atoms with E-state index in [0.717, 1.165) is 16.8 Å². The number of anilines is 1. The van der Waals surface area contributed by atoms with Crippen LogP contribution in [0.15, 0.2) is 47.7 Å². The van der Waals surface area contributed by atoms with Crippen LogP contribution in [0.3, 0.4) is 0 Å². The Balaban J connectivity index is 1.96. The Hall–Kier alpha value is -2.46. The third-order valence-corrected chi connectivity index (χ3v) is 6.29. The summed E-state index contributed by atoms with van der Waals surface area (Å²) in [5, 5.41) is 0.247. The molecule has 3 nitrogen and oxygen atoms in total. The molecule has 0 spiro atoms. The van der Waals surface area contributed by atoms with Crippen LogP contribution < -0.4 is 4.90 Å². The normalized spacial score (nSPS) is 21.1. The number of ketones is 1. The van der Waals surface area contributed by atoms with Gasteiger partial charge in [-0.15, -0.1) is 0 Å². The third kappa shape index (κ3) is 3.58. The number of carbonyl (C=O) groups is 2. The van der Waals surface area contributed by atoms with Crippen molar-refractivity contribution in [2.75, 3.05) is 4.90 Å². The van der Waals surface area contributed by atoms with Crippen molar-refractivity contribution in [1.29, 1.82) is 0 Å². The lowest BCUT2D eigenvalue weighted by molar-refractivity contribution is -0.121. The van der Waals surface area contributed by atoms with Crippen molar-refractivity contribution in [2.45, 2.75) is 52.9 Å². The van der Waals surface area contributed by atoms with Gasteiger partial charge in [-0.05, 0) is 61.1 Å². The molecule has 0 fully saturated rings. The minimum atomic E-state index is -0.660. The van der Waals surface area contributed by atoms with Gasteiger partial charge in [0.15, 0.2) is 5.78 Å². The lowest BCUT2D eigenvalue weighted by Gasteiger charge is -2.43. The number of rotatable bonds is 2. The minimum Gasteiger partial charge on any atom is -0.294 e. The number of nitrogens with zero attached hydrogens (tertiary/aromatic N) is 1. The van der Waals surface area contributed by atoms with E-state index in [-0.39, 0.29) is 34.1 Å². The monoisotopic (exact) mass is 425 g/mol. The maximum absolute atomic E-state index is 14.8. The van der Waals surface area contributed by atoms with Gasteiger partial charge in [0.2, 0.25) is 5.91 Å². The van der Waals surface area contributed by atoms with E-state index in [0.29, 0.717) is 24.1 Å².